The predicted octanol–water partition coefficient (Wildman–Crippen LogP) is 3.99. The van der Waals surface area contributed by atoms with E-state index in [0.717, 1.165) is 18.0 Å². The second-order valence-corrected chi connectivity index (χ2v) is 8.07. The Hall–Kier alpha value is -1.17. The summed E-state index contributed by atoms with van der Waals surface area (Å²) in [4.78, 5) is 18.3. The molecule has 1 unspecified atom stereocenters. The number of hydrogen-bond donors (Lipinski definition) is 1. The van der Waals surface area contributed by atoms with Crippen molar-refractivity contribution in [1.29, 1.82) is 0 Å². The van der Waals surface area contributed by atoms with E-state index in [9.17, 15) is 4.79 Å². The summed E-state index contributed by atoms with van der Waals surface area (Å²) in [6, 6.07) is 6.58. The van der Waals surface area contributed by atoms with E-state index in [1.165, 1.54) is 28.2 Å². The fourth-order valence-corrected chi connectivity index (χ4v) is 4.72. The SMILES string of the molecule is Cc1cc(C(=O)NCC(c2cccs2)N2CCCC2)sc1C. The van der Waals surface area contributed by atoms with Crippen LogP contribution in [0.2, 0.25) is 0 Å². The third-order valence-electron chi connectivity index (χ3n) is 4.30. The number of rotatable bonds is 5. The monoisotopic (exact) mass is 334 g/mol. The topological polar surface area (TPSA) is 32.3 Å². The minimum absolute atomic E-state index is 0.0574. The molecule has 0 bridgehead atoms. The summed E-state index contributed by atoms with van der Waals surface area (Å²) in [6.45, 7) is 7.08. The molecule has 2 aromatic heterocycles. The fraction of sp³-hybridized carbons (Fsp3) is 0.471. The van der Waals surface area contributed by atoms with E-state index < -0.39 is 0 Å². The van der Waals surface area contributed by atoms with Crippen LogP contribution in [-0.2, 0) is 0 Å². The maximum absolute atomic E-state index is 12.4. The van der Waals surface area contributed by atoms with Gasteiger partial charge in [0.15, 0.2) is 0 Å². The molecule has 22 heavy (non-hydrogen) atoms. The first kappa shape index (κ1) is 15.7. The number of hydrogen-bond acceptors (Lipinski definition) is 4. The lowest BCUT2D eigenvalue weighted by Gasteiger charge is -2.26. The van der Waals surface area contributed by atoms with Crippen LogP contribution in [-0.4, -0.2) is 30.4 Å². The number of likely N-dealkylation sites (tertiary alicyclic amines) is 1. The van der Waals surface area contributed by atoms with Gasteiger partial charge in [-0.3, -0.25) is 9.69 Å². The van der Waals surface area contributed by atoms with E-state index in [2.05, 4.69) is 41.6 Å². The van der Waals surface area contributed by atoms with Crippen molar-refractivity contribution < 1.29 is 4.79 Å². The quantitative estimate of drug-likeness (QED) is 0.896. The van der Waals surface area contributed by atoms with Gasteiger partial charge in [0.1, 0.15) is 0 Å². The summed E-state index contributed by atoms with van der Waals surface area (Å²) in [5, 5.41) is 5.26. The average molecular weight is 335 g/mol. The molecule has 0 aliphatic carbocycles. The molecule has 1 N–H and O–H groups in total. The Morgan fingerprint density at radius 2 is 2.14 bits per heavy atom. The van der Waals surface area contributed by atoms with Crippen LogP contribution in [0.15, 0.2) is 23.6 Å². The number of amides is 1. The van der Waals surface area contributed by atoms with Gasteiger partial charge >= 0.3 is 0 Å². The molecule has 118 valence electrons. The zero-order valence-corrected chi connectivity index (χ0v) is 14.7. The van der Waals surface area contributed by atoms with Crippen LogP contribution in [0.3, 0.4) is 0 Å². The van der Waals surface area contributed by atoms with E-state index in [-0.39, 0.29) is 5.91 Å². The molecule has 3 heterocycles. The van der Waals surface area contributed by atoms with Crippen molar-refractivity contribution in [2.75, 3.05) is 19.6 Å². The molecular formula is C17H22N2OS2. The predicted molar refractivity (Wildman–Crippen MR) is 94.0 cm³/mol. The molecule has 3 rings (SSSR count). The first-order valence-electron chi connectivity index (χ1n) is 7.78. The van der Waals surface area contributed by atoms with E-state index in [1.807, 2.05) is 6.07 Å². The van der Waals surface area contributed by atoms with Crippen molar-refractivity contribution >= 4 is 28.6 Å². The molecule has 0 spiro atoms. The molecule has 0 aromatic carbocycles. The van der Waals surface area contributed by atoms with Crippen LogP contribution in [0.5, 0.6) is 0 Å². The second-order valence-electron chi connectivity index (χ2n) is 5.83. The van der Waals surface area contributed by atoms with E-state index in [0.29, 0.717) is 12.6 Å². The Morgan fingerprint density at radius 1 is 1.36 bits per heavy atom. The van der Waals surface area contributed by atoms with Crippen LogP contribution in [0, 0.1) is 13.8 Å². The highest BCUT2D eigenvalue weighted by Gasteiger charge is 2.25. The van der Waals surface area contributed by atoms with Crippen molar-refractivity contribution in [2.45, 2.75) is 32.7 Å². The number of thiophene rings is 2. The zero-order chi connectivity index (χ0) is 15.5. The molecule has 3 nitrogen and oxygen atoms in total. The largest absolute Gasteiger partial charge is 0.349 e. The second kappa shape index (κ2) is 6.94. The minimum Gasteiger partial charge on any atom is -0.349 e. The first-order chi connectivity index (χ1) is 10.6. The minimum atomic E-state index is 0.0574. The van der Waals surface area contributed by atoms with Crippen LogP contribution < -0.4 is 5.32 Å². The van der Waals surface area contributed by atoms with Crippen molar-refractivity contribution in [3.05, 3.63) is 43.8 Å². The lowest BCUT2D eigenvalue weighted by Crippen LogP contribution is -2.36. The normalized spacial score (nSPS) is 16.8. The molecule has 2 aromatic rings. The van der Waals surface area contributed by atoms with Crippen molar-refractivity contribution in [3.63, 3.8) is 0 Å². The molecule has 1 aliphatic rings. The third kappa shape index (κ3) is 3.42. The number of carbonyl (C=O) groups is 1. The average Bonchev–Trinajstić information content (AvgIpc) is 3.23. The molecule has 1 saturated heterocycles. The van der Waals surface area contributed by atoms with Gasteiger partial charge in [-0.05, 0) is 62.9 Å². The molecule has 0 saturated carbocycles. The molecule has 1 atom stereocenters. The van der Waals surface area contributed by atoms with Gasteiger partial charge < -0.3 is 5.32 Å². The number of nitrogens with one attached hydrogen (secondary N) is 1. The molecule has 1 amide bonds. The Morgan fingerprint density at radius 3 is 2.73 bits per heavy atom. The maximum atomic E-state index is 12.4. The Kier molecular flexibility index (Phi) is 4.96. The summed E-state index contributed by atoms with van der Waals surface area (Å²) in [5.41, 5.74) is 1.20. The summed E-state index contributed by atoms with van der Waals surface area (Å²) in [5.74, 6) is 0.0574. The Bertz CT molecular complexity index is 608. The number of aryl methyl sites for hydroxylation is 2. The Labute approximate surface area is 140 Å². The van der Waals surface area contributed by atoms with Gasteiger partial charge in [0.2, 0.25) is 0 Å². The highest BCUT2D eigenvalue weighted by atomic mass is 32.1. The van der Waals surface area contributed by atoms with Gasteiger partial charge in [-0.1, -0.05) is 6.07 Å². The molecular weight excluding hydrogens is 312 g/mol. The first-order valence-corrected chi connectivity index (χ1v) is 9.47. The lowest BCUT2D eigenvalue weighted by atomic mass is 10.2. The van der Waals surface area contributed by atoms with Crippen molar-refractivity contribution in [3.8, 4) is 0 Å². The fourth-order valence-electron chi connectivity index (χ4n) is 2.91. The van der Waals surface area contributed by atoms with Gasteiger partial charge in [-0.25, -0.2) is 0 Å². The summed E-state index contributed by atoms with van der Waals surface area (Å²) < 4.78 is 0. The standard InChI is InChI=1S/C17H22N2OS2/c1-12-10-16(22-13(12)2)17(20)18-11-14(15-6-5-9-21-15)19-7-3-4-8-19/h5-6,9-10,14H,3-4,7-8,11H2,1-2H3,(H,18,20). The van der Waals surface area contributed by atoms with E-state index >= 15 is 0 Å². The highest BCUT2D eigenvalue weighted by Crippen LogP contribution is 2.28. The number of nitrogens with zero attached hydrogens (tertiary/aromatic N) is 1. The summed E-state index contributed by atoms with van der Waals surface area (Å²) in [7, 11) is 0. The van der Waals surface area contributed by atoms with Gasteiger partial charge in [0.25, 0.3) is 5.91 Å². The lowest BCUT2D eigenvalue weighted by molar-refractivity contribution is 0.0942. The van der Waals surface area contributed by atoms with Gasteiger partial charge in [-0.2, -0.15) is 0 Å². The van der Waals surface area contributed by atoms with E-state index in [4.69, 9.17) is 0 Å². The molecule has 1 fully saturated rings. The van der Waals surface area contributed by atoms with Crippen LogP contribution >= 0.6 is 22.7 Å². The molecule has 0 radical (unpaired) electrons. The molecule has 5 heteroatoms. The molecule has 1 aliphatic heterocycles. The zero-order valence-electron chi connectivity index (χ0n) is 13.1. The summed E-state index contributed by atoms with van der Waals surface area (Å²) in [6.07, 6.45) is 2.53. The smallest absolute Gasteiger partial charge is 0.261 e. The van der Waals surface area contributed by atoms with Crippen LogP contribution in [0.1, 0.15) is 43.9 Å². The summed E-state index contributed by atoms with van der Waals surface area (Å²) >= 11 is 3.36. The van der Waals surface area contributed by atoms with Crippen LogP contribution in [0.25, 0.3) is 0 Å². The van der Waals surface area contributed by atoms with Crippen molar-refractivity contribution in [2.24, 2.45) is 0 Å². The van der Waals surface area contributed by atoms with Crippen molar-refractivity contribution in [1.82, 2.24) is 10.2 Å². The number of carbonyl (C=O) groups excluding carboxylic acids is 1. The Balaban J connectivity index is 1.67. The van der Waals surface area contributed by atoms with Gasteiger partial charge in [0, 0.05) is 16.3 Å². The van der Waals surface area contributed by atoms with Gasteiger partial charge in [0.05, 0.1) is 10.9 Å². The third-order valence-corrected chi connectivity index (χ3v) is 6.42. The maximum Gasteiger partial charge on any atom is 0.261 e. The van der Waals surface area contributed by atoms with E-state index in [1.54, 1.807) is 22.7 Å². The van der Waals surface area contributed by atoms with Gasteiger partial charge in [-0.15, -0.1) is 22.7 Å². The highest BCUT2D eigenvalue weighted by molar-refractivity contribution is 7.14. The van der Waals surface area contributed by atoms with Crippen LogP contribution in [0.4, 0.5) is 0 Å².